The summed E-state index contributed by atoms with van der Waals surface area (Å²) in [7, 11) is 0. The zero-order valence-corrected chi connectivity index (χ0v) is 13.1. The number of nitrogens with two attached hydrogens (primary N) is 1. The van der Waals surface area contributed by atoms with Gasteiger partial charge in [0.25, 0.3) is 11.2 Å². The number of anilines is 1. The van der Waals surface area contributed by atoms with Crippen LogP contribution in [0, 0.1) is 0 Å². The van der Waals surface area contributed by atoms with Crippen LogP contribution in [0.5, 0.6) is 0 Å². The van der Waals surface area contributed by atoms with Crippen LogP contribution in [0.3, 0.4) is 0 Å². The van der Waals surface area contributed by atoms with E-state index in [-0.39, 0.29) is 42.1 Å². The summed E-state index contributed by atoms with van der Waals surface area (Å²) < 4.78 is 7.83. The summed E-state index contributed by atoms with van der Waals surface area (Å²) in [6.45, 7) is 1.75. The van der Waals surface area contributed by atoms with Crippen molar-refractivity contribution < 1.29 is 19.2 Å². The minimum Gasteiger partial charge on any atom is -0.462 e. The van der Waals surface area contributed by atoms with Gasteiger partial charge in [-0.15, -0.1) is 0 Å². The van der Waals surface area contributed by atoms with E-state index in [1.165, 1.54) is 15.0 Å². The fourth-order valence-corrected chi connectivity index (χ4v) is 2.60. The number of pyridine rings is 2. The highest BCUT2D eigenvalue weighted by atomic mass is 16.5. The molecule has 0 amide bonds. The fraction of sp³-hybridized carbons (Fsp3) is 0.250. The van der Waals surface area contributed by atoms with Crippen LogP contribution in [-0.2, 0) is 11.3 Å². The standard InChI is InChI=1S/C16H16N4O4/c1-2-24-16(23)10-9-11-14(20(7-8-21)13(10)17)18-12-5-3-4-6-19(12)15(11)22/h3-6,9,17,21H,2,7-8H2,1H3/p+1. The quantitative estimate of drug-likeness (QED) is 0.392. The molecule has 0 saturated heterocycles. The predicted octanol–water partition coefficient (Wildman–Crippen LogP) is -0.114. The van der Waals surface area contributed by atoms with Gasteiger partial charge in [-0.1, -0.05) is 11.1 Å². The van der Waals surface area contributed by atoms with E-state index in [4.69, 9.17) is 10.5 Å². The molecule has 0 bridgehead atoms. The third-order valence-electron chi connectivity index (χ3n) is 3.68. The van der Waals surface area contributed by atoms with Crippen LogP contribution in [-0.4, -0.2) is 33.7 Å². The van der Waals surface area contributed by atoms with Crippen LogP contribution in [0.2, 0.25) is 0 Å². The number of hydrogen-bond acceptors (Lipinski definition) is 6. The van der Waals surface area contributed by atoms with Crippen molar-refractivity contribution in [1.82, 2.24) is 9.38 Å². The smallest absolute Gasteiger partial charge is 0.344 e. The number of hydrogen-bond donors (Lipinski definition) is 2. The van der Waals surface area contributed by atoms with E-state index in [9.17, 15) is 14.7 Å². The van der Waals surface area contributed by atoms with E-state index in [2.05, 4.69) is 4.98 Å². The van der Waals surface area contributed by atoms with Crippen LogP contribution in [0.15, 0.2) is 35.3 Å². The highest BCUT2D eigenvalue weighted by molar-refractivity contribution is 5.96. The lowest BCUT2D eigenvalue weighted by Gasteiger charge is -2.10. The first-order valence-electron chi connectivity index (χ1n) is 7.50. The largest absolute Gasteiger partial charge is 0.462 e. The first kappa shape index (κ1) is 15.9. The lowest BCUT2D eigenvalue weighted by Crippen LogP contribution is -2.43. The molecule has 0 saturated carbocycles. The molecule has 3 aromatic rings. The molecule has 0 spiro atoms. The average molecular weight is 329 g/mol. The number of carbonyl (C=O) groups is 1. The number of fused-ring (bicyclic) bond motifs is 2. The second kappa shape index (κ2) is 6.25. The molecule has 0 unspecified atom stereocenters. The molecule has 0 atom stereocenters. The Labute approximate surface area is 136 Å². The van der Waals surface area contributed by atoms with Crippen molar-refractivity contribution in [2.24, 2.45) is 0 Å². The molecule has 8 nitrogen and oxygen atoms in total. The molecule has 0 radical (unpaired) electrons. The molecule has 3 aromatic heterocycles. The molecule has 3 rings (SSSR count). The highest BCUT2D eigenvalue weighted by Gasteiger charge is 2.24. The lowest BCUT2D eigenvalue weighted by atomic mass is 10.2. The minimum atomic E-state index is -0.624. The number of rotatable bonds is 4. The van der Waals surface area contributed by atoms with E-state index in [0.717, 1.165) is 0 Å². The molecule has 0 aliphatic carbocycles. The maximum absolute atomic E-state index is 12.7. The van der Waals surface area contributed by atoms with Crippen molar-refractivity contribution >= 4 is 28.5 Å². The molecule has 0 aliphatic rings. The summed E-state index contributed by atoms with van der Waals surface area (Å²) in [5.41, 5.74) is 6.57. The second-order valence-electron chi connectivity index (χ2n) is 5.12. The van der Waals surface area contributed by atoms with Crippen molar-refractivity contribution in [2.45, 2.75) is 13.5 Å². The van der Waals surface area contributed by atoms with Gasteiger partial charge in [-0.2, -0.15) is 0 Å². The molecule has 0 aliphatic heterocycles. The molecular weight excluding hydrogens is 312 g/mol. The topological polar surface area (TPSA) is 111 Å². The maximum atomic E-state index is 12.7. The summed E-state index contributed by atoms with van der Waals surface area (Å²) >= 11 is 0. The Kier molecular flexibility index (Phi) is 4.13. The Morgan fingerprint density at radius 1 is 1.46 bits per heavy atom. The zero-order valence-electron chi connectivity index (χ0n) is 13.1. The van der Waals surface area contributed by atoms with Crippen molar-refractivity contribution in [3.05, 3.63) is 46.4 Å². The number of esters is 1. The van der Waals surface area contributed by atoms with Crippen LogP contribution in [0.25, 0.3) is 16.7 Å². The number of aromatic nitrogens is 3. The summed E-state index contributed by atoms with van der Waals surface area (Å²) in [4.78, 5) is 29.3. The van der Waals surface area contributed by atoms with Crippen molar-refractivity contribution in [3.8, 4) is 0 Å². The molecule has 0 fully saturated rings. The van der Waals surface area contributed by atoms with Gasteiger partial charge >= 0.3 is 5.97 Å². The molecule has 0 aromatic carbocycles. The number of nitrogen functional groups attached to an aromatic ring is 1. The number of carbonyl (C=O) groups excluding carboxylic acids is 1. The van der Waals surface area contributed by atoms with Gasteiger partial charge in [0.05, 0.1) is 19.8 Å². The number of nitrogens with zero attached hydrogens (tertiary/aromatic N) is 3. The van der Waals surface area contributed by atoms with Crippen LogP contribution in [0.4, 0.5) is 5.82 Å². The van der Waals surface area contributed by atoms with Gasteiger partial charge in [0, 0.05) is 6.20 Å². The van der Waals surface area contributed by atoms with Crippen molar-refractivity contribution in [2.75, 3.05) is 18.9 Å². The normalized spacial score (nSPS) is 11.1. The highest BCUT2D eigenvalue weighted by Crippen LogP contribution is 2.15. The second-order valence-corrected chi connectivity index (χ2v) is 5.12. The predicted molar refractivity (Wildman–Crippen MR) is 86.6 cm³/mol. The number of aliphatic hydroxyl groups excluding tert-OH is 1. The lowest BCUT2D eigenvalue weighted by molar-refractivity contribution is -0.660. The van der Waals surface area contributed by atoms with Crippen molar-refractivity contribution in [1.29, 1.82) is 0 Å². The van der Waals surface area contributed by atoms with E-state index >= 15 is 0 Å². The minimum absolute atomic E-state index is 0.0765. The monoisotopic (exact) mass is 329 g/mol. The van der Waals surface area contributed by atoms with Gasteiger partial charge in [0.2, 0.25) is 11.5 Å². The molecule has 3 N–H and O–H groups in total. The Hall–Kier alpha value is -3.00. The molecular formula is C16H17N4O4+. The molecule has 3 heterocycles. The third-order valence-corrected chi connectivity index (χ3v) is 3.68. The summed E-state index contributed by atoms with van der Waals surface area (Å²) in [6.07, 6.45) is 1.60. The van der Waals surface area contributed by atoms with E-state index in [1.54, 1.807) is 31.3 Å². The Morgan fingerprint density at radius 3 is 2.96 bits per heavy atom. The van der Waals surface area contributed by atoms with Gasteiger partial charge < -0.3 is 15.6 Å². The van der Waals surface area contributed by atoms with Gasteiger partial charge in [0.15, 0.2) is 0 Å². The van der Waals surface area contributed by atoms with Gasteiger partial charge in [-0.05, 0) is 25.1 Å². The van der Waals surface area contributed by atoms with Crippen molar-refractivity contribution in [3.63, 3.8) is 0 Å². The number of aliphatic hydroxyl groups is 1. The van der Waals surface area contributed by atoms with Crippen LogP contribution in [0.1, 0.15) is 17.3 Å². The van der Waals surface area contributed by atoms with Gasteiger partial charge in [-0.3, -0.25) is 9.20 Å². The third kappa shape index (κ3) is 2.46. The first-order valence-corrected chi connectivity index (χ1v) is 7.50. The zero-order chi connectivity index (χ0) is 17.3. The van der Waals surface area contributed by atoms with Crippen LogP contribution >= 0.6 is 0 Å². The Bertz CT molecular complexity index is 997. The first-order chi connectivity index (χ1) is 11.6. The van der Waals surface area contributed by atoms with Gasteiger partial charge in [-0.25, -0.2) is 9.36 Å². The Balaban J connectivity index is 2.43. The number of ether oxygens (including phenoxy) is 1. The van der Waals surface area contributed by atoms with Gasteiger partial charge in [0.1, 0.15) is 10.9 Å². The molecule has 124 valence electrons. The maximum Gasteiger partial charge on any atom is 0.344 e. The SMILES string of the molecule is CCOC(=O)c1cc2c(=O)n3ccccc3nc2[n+](CCO)c1N. The molecule has 24 heavy (non-hydrogen) atoms. The Morgan fingerprint density at radius 2 is 2.25 bits per heavy atom. The summed E-state index contributed by atoms with van der Waals surface area (Å²) in [5, 5.41) is 9.54. The average Bonchev–Trinajstić information content (AvgIpc) is 2.58. The van der Waals surface area contributed by atoms with E-state index in [0.29, 0.717) is 11.3 Å². The fourth-order valence-electron chi connectivity index (χ4n) is 2.60. The summed E-state index contributed by atoms with van der Waals surface area (Å²) in [5.74, 6) is -0.525. The summed E-state index contributed by atoms with van der Waals surface area (Å²) in [6, 6.07) is 6.57. The van der Waals surface area contributed by atoms with E-state index in [1.807, 2.05) is 0 Å². The van der Waals surface area contributed by atoms with Crippen LogP contribution < -0.4 is 15.9 Å². The van der Waals surface area contributed by atoms with E-state index < -0.39 is 5.97 Å². The molecule has 8 heteroatoms.